The molecule has 3 aromatic carbocycles. The van der Waals surface area contributed by atoms with Crippen LogP contribution in [0.3, 0.4) is 0 Å². The highest BCUT2D eigenvalue weighted by molar-refractivity contribution is 5.93. The van der Waals surface area contributed by atoms with E-state index in [0.29, 0.717) is 6.42 Å². The van der Waals surface area contributed by atoms with Crippen molar-refractivity contribution >= 4 is 34.4 Å². The van der Waals surface area contributed by atoms with Crippen LogP contribution in [0.2, 0.25) is 0 Å². The van der Waals surface area contributed by atoms with Crippen molar-refractivity contribution in [2.75, 3.05) is 13.7 Å². The van der Waals surface area contributed by atoms with Gasteiger partial charge in [-0.05, 0) is 34.7 Å². The molecule has 0 aliphatic rings. The van der Waals surface area contributed by atoms with Crippen molar-refractivity contribution in [3.05, 3.63) is 83.9 Å². The quantitative estimate of drug-likeness (QED) is 0.158. The Hall–Kier alpha value is -4.28. The zero-order valence-electron chi connectivity index (χ0n) is 21.8. The van der Waals surface area contributed by atoms with Gasteiger partial charge < -0.3 is 20.7 Å². The molecule has 4 amide bonds. The lowest BCUT2D eigenvalue weighted by molar-refractivity contribution is -0.134. The van der Waals surface area contributed by atoms with E-state index in [1.807, 2.05) is 72.8 Å². The number of hydrogen-bond donors (Lipinski definition) is 5. The van der Waals surface area contributed by atoms with Gasteiger partial charge in [-0.25, -0.2) is 5.48 Å². The first-order valence-corrected chi connectivity index (χ1v) is 12.7. The van der Waals surface area contributed by atoms with Crippen molar-refractivity contribution in [2.24, 2.45) is 0 Å². The highest BCUT2D eigenvalue weighted by atomic mass is 16.5. The molecule has 0 saturated carbocycles. The molecule has 0 unspecified atom stereocenters. The molecule has 0 aliphatic heterocycles. The minimum Gasteiger partial charge on any atom is -0.382 e. The molecule has 39 heavy (non-hydrogen) atoms. The van der Waals surface area contributed by atoms with Crippen LogP contribution in [0.5, 0.6) is 0 Å². The fourth-order valence-electron chi connectivity index (χ4n) is 4.14. The Kier molecular flexibility index (Phi) is 11.4. The summed E-state index contributed by atoms with van der Waals surface area (Å²) in [6.45, 7) is 0.144. The molecular weight excluding hydrogens is 500 g/mol. The van der Waals surface area contributed by atoms with E-state index in [2.05, 4.69) is 16.0 Å². The van der Waals surface area contributed by atoms with E-state index in [9.17, 15) is 19.2 Å². The number of methoxy groups -OCH3 is 1. The SMILES string of the molecule is COC[C@H](NC(=O)[C@H](CCC(=O)NO)NC(=O)CCc1ccccc1)C(=O)NCc1cccc2ccccc12. The van der Waals surface area contributed by atoms with Gasteiger partial charge in [-0.2, -0.15) is 0 Å². The van der Waals surface area contributed by atoms with Crippen molar-refractivity contribution in [2.45, 2.75) is 44.3 Å². The number of fused-ring (bicyclic) bond motifs is 1. The fraction of sp³-hybridized carbons (Fsp3) is 0.310. The number of carbonyl (C=O) groups is 4. The van der Waals surface area contributed by atoms with Gasteiger partial charge in [0.2, 0.25) is 23.6 Å². The van der Waals surface area contributed by atoms with Crippen LogP contribution in [-0.2, 0) is 36.9 Å². The Bertz CT molecular complexity index is 1260. The largest absolute Gasteiger partial charge is 0.382 e. The molecule has 3 aromatic rings. The number of benzene rings is 3. The molecular formula is C29H34N4O6. The van der Waals surface area contributed by atoms with Crippen LogP contribution >= 0.6 is 0 Å². The maximum Gasteiger partial charge on any atom is 0.245 e. The van der Waals surface area contributed by atoms with Crippen molar-refractivity contribution in [1.82, 2.24) is 21.4 Å². The molecule has 0 aliphatic carbocycles. The van der Waals surface area contributed by atoms with Crippen molar-refractivity contribution in [1.29, 1.82) is 0 Å². The van der Waals surface area contributed by atoms with Gasteiger partial charge in [-0.1, -0.05) is 72.8 Å². The second kappa shape index (κ2) is 15.2. The molecule has 10 nitrogen and oxygen atoms in total. The third-order valence-corrected chi connectivity index (χ3v) is 6.22. The zero-order valence-corrected chi connectivity index (χ0v) is 21.8. The van der Waals surface area contributed by atoms with E-state index in [1.54, 1.807) is 0 Å². The molecule has 10 heteroatoms. The molecule has 0 bridgehead atoms. The summed E-state index contributed by atoms with van der Waals surface area (Å²) in [6, 6.07) is 20.9. The Morgan fingerprint density at radius 1 is 0.795 bits per heavy atom. The van der Waals surface area contributed by atoms with E-state index in [0.717, 1.165) is 21.9 Å². The number of aryl methyl sites for hydroxylation is 1. The number of ether oxygens (including phenoxy) is 1. The average Bonchev–Trinajstić information content (AvgIpc) is 2.96. The van der Waals surface area contributed by atoms with Crippen LogP contribution in [0.1, 0.15) is 30.4 Å². The Morgan fingerprint density at radius 2 is 1.51 bits per heavy atom. The molecule has 0 fully saturated rings. The number of rotatable bonds is 14. The predicted octanol–water partition coefficient (Wildman–Crippen LogP) is 1.99. The molecule has 5 N–H and O–H groups in total. The van der Waals surface area contributed by atoms with Crippen molar-refractivity contribution in [3.63, 3.8) is 0 Å². The third-order valence-electron chi connectivity index (χ3n) is 6.22. The summed E-state index contributed by atoms with van der Waals surface area (Å²) in [7, 11) is 1.41. The summed E-state index contributed by atoms with van der Waals surface area (Å²) < 4.78 is 5.15. The molecule has 0 aromatic heterocycles. The van der Waals surface area contributed by atoms with E-state index >= 15 is 0 Å². The van der Waals surface area contributed by atoms with Crippen LogP contribution in [0, 0.1) is 0 Å². The summed E-state index contributed by atoms with van der Waals surface area (Å²) >= 11 is 0. The summed E-state index contributed by atoms with van der Waals surface area (Å²) in [5.41, 5.74) is 3.40. The number of amides is 4. The van der Waals surface area contributed by atoms with Crippen LogP contribution in [0.4, 0.5) is 0 Å². The molecule has 0 saturated heterocycles. The van der Waals surface area contributed by atoms with Gasteiger partial charge >= 0.3 is 0 Å². The van der Waals surface area contributed by atoms with Gasteiger partial charge in [-0.15, -0.1) is 0 Å². The van der Waals surface area contributed by atoms with Crippen LogP contribution in [-0.4, -0.2) is 54.6 Å². The van der Waals surface area contributed by atoms with Gasteiger partial charge in [0.1, 0.15) is 12.1 Å². The second-order valence-corrected chi connectivity index (χ2v) is 9.05. The molecule has 206 valence electrons. The summed E-state index contributed by atoms with van der Waals surface area (Å²) in [6.07, 6.45) is 0.316. The summed E-state index contributed by atoms with van der Waals surface area (Å²) in [5, 5.41) is 19.0. The van der Waals surface area contributed by atoms with E-state index in [-0.39, 0.29) is 38.3 Å². The predicted molar refractivity (Wildman–Crippen MR) is 145 cm³/mol. The van der Waals surface area contributed by atoms with E-state index in [1.165, 1.54) is 12.6 Å². The minimum absolute atomic E-state index is 0.0768. The lowest BCUT2D eigenvalue weighted by Crippen LogP contribution is -2.55. The minimum atomic E-state index is -1.10. The standard InChI is InChI=1S/C29H34N4O6/c1-39-19-25(28(36)30-18-22-12-7-11-21-10-5-6-13-23(21)22)32-29(37)24(15-17-27(35)33-38)31-26(34)16-14-20-8-3-2-4-9-20/h2-13,24-25,38H,14-19H2,1H3,(H,30,36)(H,31,34)(H,32,37)(H,33,35)/t24-,25-/m0/s1. The van der Waals surface area contributed by atoms with E-state index in [4.69, 9.17) is 9.94 Å². The number of hydrogen-bond acceptors (Lipinski definition) is 6. The first-order valence-electron chi connectivity index (χ1n) is 12.7. The zero-order chi connectivity index (χ0) is 28.0. The Morgan fingerprint density at radius 3 is 2.26 bits per heavy atom. The number of hydroxylamine groups is 1. The molecule has 0 heterocycles. The maximum absolute atomic E-state index is 13.1. The summed E-state index contributed by atoms with van der Waals surface area (Å²) in [5.74, 6) is -2.18. The lowest BCUT2D eigenvalue weighted by Gasteiger charge is -2.23. The van der Waals surface area contributed by atoms with Gasteiger partial charge in [0, 0.05) is 26.5 Å². The van der Waals surface area contributed by atoms with Gasteiger partial charge in [0.15, 0.2) is 0 Å². The Labute approximate surface area is 227 Å². The monoisotopic (exact) mass is 534 g/mol. The third kappa shape index (κ3) is 9.20. The average molecular weight is 535 g/mol. The highest BCUT2D eigenvalue weighted by Gasteiger charge is 2.27. The number of nitrogens with one attached hydrogen (secondary N) is 4. The number of carbonyl (C=O) groups excluding carboxylic acids is 4. The van der Waals surface area contributed by atoms with Gasteiger partial charge in [0.25, 0.3) is 0 Å². The van der Waals surface area contributed by atoms with Crippen LogP contribution < -0.4 is 21.4 Å². The molecule has 0 spiro atoms. The maximum atomic E-state index is 13.1. The van der Waals surface area contributed by atoms with E-state index < -0.39 is 29.8 Å². The summed E-state index contributed by atoms with van der Waals surface area (Å²) in [4.78, 5) is 50.3. The van der Waals surface area contributed by atoms with Crippen molar-refractivity contribution < 1.29 is 29.1 Å². The van der Waals surface area contributed by atoms with Crippen LogP contribution in [0.25, 0.3) is 10.8 Å². The fourth-order valence-corrected chi connectivity index (χ4v) is 4.14. The highest BCUT2D eigenvalue weighted by Crippen LogP contribution is 2.18. The van der Waals surface area contributed by atoms with Gasteiger partial charge in [0.05, 0.1) is 6.61 Å². The lowest BCUT2D eigenvalue weighted by atomic mass is 10.0. The molecule has 3 rings (SSSR count). The first kappa shape index (κ1) is 29.3. The first-order chi connectivity index (χ1) is 18.9. The van der Waals surface area contributed by atoms with Crippen LogP contribution in [0.15, 0.2) is 72.8 Å². The molecule has 0 radical (unpaired) electrons. The topological polar surface area (TPSA) is 146 Å². The van der Waals surface area contributed by atoms with Crippen molar-refractivity contribution in [3.8, 4) is 0 Å². The smallest absolute Gasteiger partial charge is 0.245 e. The van der Waals surface area contributed by atoms with Gasteiger partial charge in [-0.3, -0.25) is 24.4 Å². The molecule has 2 atom stereocenters. The normalized spacial score (nSPS) is 12.3. The Balaban J connectivity index is 1.63. The second-order valence-electron chi connectivity index (χ2n) is 9.05.